The number of nitrogens with zero attached hydrogens (tertiary/aromatic N) is 1. The Balaban J connectivity index is 1.74. The number of hydrogen-bond acceptors (Lipinski definition) is 4. The summed E-state index contributed by atoms with van der Waals surface area (Å²) in [6, 6.07) is 16.6. The highest BCUT2D eigenvalue weighted by molar-refractivity contribution is 5.67. The monoisotopic (exact) mass is 308 g/mol. The third-order valence-electron chi connectivity index (χ3n) is 2.93. The number of benzene rings is 2. The molecule has 0 aliphatic heterocycles. The second-order valence-electron chi connectivity index (χ2n) is 4.64. The minimum absolute atomic E-state index is 0.238. The average molecular weight is 308 g/mol. The lowest BCUT2D eigenvalue weighted by Gasteiger charge is -2.05. The zero-order valence-corrected chi connectivity index (χ0v) is 12.4. The van der Waals surface area contributed by atoms with Crippen molar-refractivity contribution in [3.63, 3.8) is 0 Å². The highest BCUT2D eigenvalue weighted by atomic mass is 16.5. The number of amides is 1. The zero-order valence-electron chi connectivity index (χ0n) is 12.4. The van der Waals surface area contributed by atoms with E-state index in [9.17, 15) is 9.59 Å². The van der Waals surface area contributed by atoms with Crippen molar-refractivity contribution >= 4 is 23.9 Å². The van der Waals surface area contributed by atoms with E-state index in [4.69, 9.17) is 4.74 Å². The van der Waals surface area contributed by atoms with Gasteiger partial charge in [-0.1, -0.05) is 54.6 Å². The Morgan fingerprint density at radius 2 is 2.00 bits per heavy atom. The molecular weight excluding hydrogens is 292 g/mol. The van der Waals surface area contributed by atoms with Crippen LogP contribution >= 0.6 is 0 Å². The quantitative estimate of drug-likeness (QED) is 0.655. The molecule has 0 heterocycles. The summed E-state index contributed by atoms with van der Waals surface area (Å²) < 4.78 is 5.09. The first kappa shape index (κ1) is 16.2. The van der Waals surface area contributed by atoms with Gasteiger partial charge < -0.3 is 10.1 Å². The fourth-order valence-corrected chi connectivity index (χ4v) is 1.86. The first-order valence-electron chi connectivity index (χ1n) is 7.07. The van der Waals surface area contributed by atoms with Gasteiger partial charge in [0, 0.05) is 6.54 Å². The zero-order chi connectivity index (χ0) is 16.3. The smallest absolute Gasteiger partial charge is 0.407 e. The van der Waals surface area contributed by atoms with Crippen LogP contribution in [-0.2, 0) is 16.1 Å². The van der Waals surface area contributed by atoms with Gasteiger partial charge in [-0.3, -0.25) is 0 Å². The summed E-state index contributed by atoms with van der Waals surface area (Å²) in [7, 11) is 0. The molecule has 116 valence electrons. The Morgan fingerprint density at radius 1 is 1.17 bits per heavy atom. The molecule has 0 saturated carbocycles. The molecule has 0 fully saturated rings. The largest absolute Gasteiger partial charge is 0.445 e. The molecule has 0 bridgehead atoms. The first-order chi connectivity index (χ1) is 11.3. The first-order valence-corrected chi connectivity index (χ1v) is 7.07. The fraction of sp³-hybridized carbons (Fsp3) is 0.111. The fourth-order valence-electron chi connectivity index (χ4n) is 1.86. The maximum atomic E-state index is 11.5. The number of nitrogens with one attached hydrogen (secondary N) is 1. The van der Waals surface area contributed by atoms with Crippen LogP contribution in [0, 0.1) is 0 Å². The number of aliphatic imine (C=N–C) groups is 1. The summed E-state index contributed by atoms with van der Waals surface area (Å²) in [6.07, 6.45) is 4.63. The lowest BCUT2D eigenvalue weighted by atomic mass is 10.2. The molecule has 5 heteroatoms. The van der Waals surface area contributed by atoms with E-state index in [0.717, 1.165) is 11.1 Å². The molecule has 2 aromatic rings. The second kappa shape index (κ2) is 8.97. The van der Waals surface area contributed by atoms with Gasteiger partial charge in [0.15, 0.2) is 0 Å². The van der Waals surface area contributed by atoms with Gasteiger partial charge in [0.1, 0.15) is 6.61 Å². The van der Waals surface area contributed by atoms with Crippen LogP contribution in [0.3, 0.4) is 0 Å². The second-order valence-corrected chi connectivity index (χ2v) is 4.64. The van der Waals surface area contributed by atoms with Gasteiger partial charge >= 0.3 is 6.09 Å². The number of carbonyl (C=O) groups excluding carboxylic acids is 2. The van der Waals surface area contributed by atoms with E-state index >= 15 is 0 Å². The van der Waals surface area contributed by atoms with Crippen LogP contribution in [-0.4, -0.2) is 18.7 Å². The van der Waals surface area contributed by atoms with Gasteiger partial charge in [-0.05, 0) is 23.3 Å². The van der Waals surface area contributed by atoms with Crippen molar-refractivity contribution in [2.45, 2.75) is 6.61 Å². The number of ether oxygens (including phenoxy) is 1. The summed E-state index contributed by atoms with van der Waals surface area (Å²) in [5.74, 6) is 0. The van der Waals surface area contributed by atoms with E-state index in [-0.39, 0.29) is 6.61 Å². The molecule has 0 spiro atoms. The number of hydrogen-bond donors (Lipinski definition) is 1. The molecule has 5 nitrogen and oxygen atoms in total. The van der Waals surface area contributed by atoms with Gasteiger partial charge in [-0.25, -0.2) is 9.59 Å². The summed E-state index contributed by atoms with van der Waals surface area (Å²) in [5.41, 5.74) is 2.35. The van der Waals surface area contributed by atoms with Gasteiger partial charge in [0.2, 0.25) is 6.08 Å². The minimum atomic E-state index is -0.474. The Bertz CT molecular complexity index is 720. The Hall–Kier alpha value is -3.17. The number of alkyl carbamates (subject to hydrolysis) is 1. The summed E-state index contributed by atoms with van der Waals surface area (Å²) in [6.45, 7) is 0.580. The minimum Gasteiger partial charge on any atom is -0.445 e. The van der Waals surface area contributed by atoms with Crippen LogP contribution in [0.2, 0.25) is 0 Å². The molecule has 0 aliphatic rings. The van der Waals surface area contributed by atoms with E-state index in [1.165, 1.54) is 6.08 Å². The highest BCUT2D eigenvalue weighted by Crippen LogP contribution is 2.14. The molecule has 2 aromatic carbocycles. The topological polar surface area (TPSA) is 67.8 Å². The van der Waals surface area contributed by atoms with E-state index in [1.807, 2.05) is 42.5 Å². The molecule has 1 N–H and O–H groups in total. The summed E-state index contributed by atoms with van der Waals surface area (Å²) >= 11 is 0. The molecule has 0 aromatic heterocycles. The Kier molecular flexibility index (Phi) is 6.32. The van der Waals surface area contributed by atoms with E-state index in [1.54, 1.807) is 24.3 Å². The molecule has 1 amide bonds. The van der Waals surface area contributed by atoms with E-state index < -0.39 is 6.09 Å². The van der Waals surface area contributed by atoms with Gasteiger partial charge in [-0.2, -0.15) is 4.99 Å². The predicted molar refractivity (Wildman–Crippen MR) is 87.9 cm³/mol. The third kappa shape index (κ3) is 5.99. The molecule has 23 heavy (non-hydrogen) atoms. The van der Waals surface area contributed by atoms with Crippen LogP contribution < -0.4 is 5.32 Å². The van der Waals surface area contributed by atoms with Crippen LogP contribution in [0.1, 0.15) is 11.1 Å². The Labute approximate surface area is 134 Å². The molecule has 0 saturated heterocycles. The van der Waals surface area contributed by atoms with Gasteiger partial charge in [0.05, 0.1) is 5.69 Å². The van der Waals surface area contributed by atoms with Crippen molar-refractivity contribution in [2.75, 3.05) is 6.54 Å². The number of rotatable bonds is 6. The van der Waals surface area contributed by atoms with Crippen molar-refractivity contribution in [3.8, 4) is 0 Å². The number of carbonyl (C=O) groups is 1. The summed E-state index contributed by atoms with van der Waals surface area (Å²) in [4.78, 5) is 25.3. The maximum Gasteiger partial charge on any atom is 0.407 e. The molecule has 2 rings (SSSR count). The molecular formula is C18H16N2O3. The highest BCUT2D eigenvalue weighted by Gasteiger charge is 2.00. The summed E-state index contributed by atoms with van der Waals surface area (Å²) in [5, 5.41) is 2.63. The molecule has 0 atom stereocenters. The van der Waals surface area contributed by atoms with Crippen molar-refractivity contribution in [3.05, 3.63) is 71.8 Å². The van der Waals surface area contributed by atoms with Crippen molar-refractivity contribution in [1.82, 2.24) is 5.32 Å². The van der Waals surface area contributed by atoms with Crippen LogP contribution in [0.15, 0.2) is 65.7 Å². The van der Waals surface area contributed by atoms with Crippen LogP contribution in [0.4, 0.5) is 10.5 Å². The third-order valence-corrected chi connectivity index (χ3v) is 2.93. The lowest BCUT2D eigenvalue weighted by molar-refractivity contribution is 0.141. The van der Waals surface area contributed by atoms with Gasteiger partial charge in [-0.15, -0.1) is 0 Å². The van der Waals surface area contributed by atoms with E-state index in [0.29, 0.717) is 12.2 Å². The average Bonchev–Trinajstić information content (AvgIpc) is 2.58. The van der Waals surface area contributed by atoms with E-state index in [2.05, 4.69) is 10.3 Å². The predicted octanol–water partition coefficient (Wildman–Crippen LogP) is 3.59. The lowest BCUT2D eigenvalue weighted by Crippen LogP contribution is -2.24. The van der Waals surface area contributed by atoms with Crippen LogP contribution in [0.5, 0.6) is 0 Å². The van der Waals surface area contributed by atoms with Crippen LogP contribution in [0.25, 0.3) is 6.08 Å². The number of isocyanates is 1. The molecule has 0 radical (unpaired) electrons. The Morgan fingerprint density at radius 3 is 2.78 bits per heavy atom. The normalized spacial score (nSPS) is 10.1. The molecule has 0 unspecified atom stereocenters. The SMILES string of the molecule is O=C=Nc1cccc(C=CCNC(=O)OCc2ccccc2)c1. The van der Waals surface area contributed by atoms with Crippen molar-refractivity contribution in [1.29, 1.82) is 0 Å². The molecule has 0 aliphatic carbocycles. The van der Waals surface area contributed by atoms with Crippen molar-refractivity contribution < 1.29 is 14.3 Å². The van der Waals surface area contributed by atoms with Gasteiger partial charge in [0.25, 0.3) is 0 Å². The standard InChI is InChI=1S/C18H16N2O3/c21-14-20-17-10-4-8-15(12-17)9-5-11-19-18(22)23-13-16-6-2-1-3-7-16/h1-10,12H,11,13H2,(H,19,22). The van der Waals surface area contributed by atoms with Crippen molar-refractivity contribution in [2.24, 2.45) is 4.99 Å². The maximum absolute atomic E-state index is 11.5.